The Morgan fingerprint density at radius 2 is 2.23 bits per heavy atom. The zero-order valence-electron chi connectivity index (χ0n) is 14.5. The van der Waals surface area contributed by atoms with Crippen molar-refractivity contribution in [2.24, 2.45) is 0 Å². The van der Waals surface area contributed by atoms with Gasteiger partial charge in [-0.3, -0.25) is 5.10 Å². The minimum atomic E-state index is -0.243. The number of hydrogen-bond donors (Lipinski definition) is 1. The molecule has 1 atom stereocenters. The van der Waals surface area contributed by atoms with Crippen LogP contribution in [0.4, 0.5) is 0 Å². The highest BCUT2D eigenvalue weighted by Crippen LogP contribution is 2.55. The second-order valence-corrected chi connectivity index (χ2v) is 7.63. The van der Waals surface area contributed by atoms with Crippen molar-refractivity contribution in [3.63, 3.8) is 0 Å². The molecular formula is C19H19ClN4O2. The van der Waals surface area contributed by atoms with Gasteiger partial charge in [-0.05, 0) is 55.9 Å². The number of H-pyrrole nitrogens is 1. The van der Waals surface area contributed by atoms with E-state index in [2.05, 4.69) is 15.4 Å². The van der Waals surface area contributed by atoms with E-state index in [1.165, 1.54) is 11.3 Å². The van der Waals surface area contributed by atoms with Crippen molar-refractivity contribution < 1.29 is 9.26 Å². The zero-order chi connectivity index (χ0) is 17.7. The van der Waals surface area contributed by atoms with Gasteiger partial charge in [0.05, 0.1) is 18.7 Å². The van der Waals surface area contributed by atoms with Crippen molar-refractivity contribution in [3.05, 3.63) is 58.0 Å². The lowest BCUT2D eigenvalue weighted by Crippen LogP contribution is -2.14. The summed E-state index contributed by atoms with van der Waals surface area (Å²) in [5.41, 5.74) is 3.27. The Balaban J connectivity index is 1.47. The van der Waals surface area contributed by atoms with Gasteiger partial charge in [-0.1, -0.05) is 16.8 Å². The molecule has 26 heavy (non-hydrogen) atoms. The first-order chi connectivity index (χ1) is 12.7. The summed E-state index contributed by atoms with van der Waals surface area (Å²) in [4.78, 5) is 4.80. The van der Waals surface area contributed by atoms with Gasteiger partial charge in [0, 0.05) is 22.2 Å². The molecule has 2 heterocycles. The molecule has 0 aliphatic heterocycles. The lowest BCUT2D eigenvalue weighted by atomic mass is 9.87. The molecule has 0 bridgehead atoms. The first-order valence-corrected chi connectivity index (χ1v) is 9.26. The molecule has 6 nitrogen and oxygen atoms in total. The van der Waals surface area contributed by atoms with Crippen molar-refractivity contribution in [2.45, 2.75) is 43.4 Å². The van der Waals surface area contributed by atoms with E-state index in [0.717, 1.165) is 55.1 Å². The molecule has 0 spiro atoms. The van der Waals surface area contributed by atoms with E-state index in [-0.39, 0.29) is 11.3 Å². The average molecular weight is 371 g/mol. The molecule has 3 aromatic rings. The summed E-state index contributed by atoms with van der Waals surface area (Å²) in [5.74, 6) is 2.53. The van der Waals surface area contributed by atoms with E-state index < -0.39 is 0 Å². The monoisotopic (exact) mass is 370 g/mol. The molecule has 1 saturated carbocycles. The molecule has 1 fully saturated rings. The predicted octanol–water partition coefficient (Wildman–Crippen LogP) is 3.81. The van der Waals surface area contributed by atoms with Gasteiger partial charge in [-0.15, -0.1) is 0 Å². The zero-order valence-corrected chi connectivity index (χ0v) is 15.2. The first-order valence-electron chi connectivity index (χ1n) is 8.89. The standard InChI is InChI=1S/C19H19ClN4O2/c1-25-16-5-3-13(20)9-14(16)19(6-7-19)18-22-17(26-24-18)11-2-4-15-12(8-11)10-21-23-15/h3,5,9-11H,2,4,6-8H2,1H3,(H,21,23). The lowest BCUT2D eigenvalue weighted by molar-refractivity contribution is 0.335. The van der Waals surface area contributed by atoms with E-state index in [4.69, 9.17) is 25.8 Å². The van der Waals surface area contributed by atoms with Crippen LogP contribution in [-0.2, 0) is 18.3 Å². The maximum atomic E-state index is 6.23. The first kappa shape index (κ1) is 15.9. The number of aromatic amines is 1. The molecule has 0 amide bonds. The lowest BCUT2D eigenvalue weighted by Gasteiger charge is -2.18. The van der Waals surface area contributed by atoms with Crippen LogP contribution in [0.25, 0.3) is 0 Å². The molecule has 1 aromatic carbocycles. The van der Waals surface area contributed by atoms with Gasteiger partial charge in [0.2, 0.25) is 5.89 Å². The van der Waals surface area contributed by atoms with Gasteiger partial charge in [0.25, 0.3) is 0 Å². The number of aromatic nitrogens is 4. The van der Waals surface area contributed by atoms with Crippen molar-refractivity contribution >= 4 is 11.6 Å². The quantitative estimate of drug-likeness (QED) is 0.755. The van der Waals surface area contributed by atoms with Crippen LogP contribution in [0.2, 0.25) is 5.02 Å². The SMILES string of the molecule is COc1ccc(Cl)cc1C1(c2noc(C3CCc4[nH]ncc4C3)n2)CC1. The van der Waals surface area contributed by atoms with Gasteiger partial charge < -0.3 is 9.26 Å². The minimum Gasteiger partial charge on any atom is -0.496 e. The van der Waals surface area contributed by atoms with Crippen LogP contribution < -0.4 is 4.74 Å². The Morgan fingerprint density at radius 1 is 1.35 bits per heavy atom. The number of nitrogens with zero attached hydrogens (tertiary/aromatic N) is 3. The normalized spacial score (nSPS) is 20.6. The third-order valence-corrected chi connectivity index (χ3v) is 5.90. The molecule has 7 heteroatoms. The number of rotatable bonds is 4. The van der Waals surface area contributed by atoms with Crippen molar-refractivity contribution in [1.29, 1.82) is 0 Å². The fourth-order valence-corrected chi connectivity index (χ4v) is 4.19. The third-order valence-electron chi connectivity index (χ3n) is 5.66. The number of nitrogens with one attached hydrogen (secondary N) is 1. The van der Waals surface area contributed by atoms with E-state index >= 15 is 0 Å². The van der Waals surface area contributed by atoms with Crippen LogP contribution in [-0.4, -0.2) is 27.4 Å². The highest BCUT2D eigenvalue weighted by atomic mass is 35.5. The molecule has 0 saturated heterocycles. The Labute approximate surface area is 155 Å². The molecule has 1 N–H and O–H groups in total. The number of fused-ring (bicyclic) bond motifs is 1. The minimum absolute atomic E-state index is 0.243. The summed E-state index contributed by atoms with van der Waals surface area (Å²) in [6, 6.07) is 5.70. The van der Waals surface area contributed by atoms with Gasteiger partial charge in [0.15, 0.2) is 5.82 Å². The maximum Gasteiger partial charge on any atom is 0.230 e. The number of aryl methyl sites for hydroxylation is 1. The number of hydrogen-bond acceptors (Lipinski definition) is 5. The summed E-state index contributed by atoms with van der Waals surface area (Å²) < 4.78 is 11.2. The second kappa shape index (κ2) is 5.84. The molecule has 5 rings (SSSR count). The molecule has 2 aliphatic carbocycles. The largest absolute Gasteiger partial charge is 0.496 e. The van der Waals surface area contributed by atoms with E-state index in [1.807, 2.05) is 24.4 Å². The third kappa shape index (κ3) is 2.43. The number of ether oxygens (including phenoxy) is 1. The van der Waals surface area contributed by atoms with E-state index in [1.54, 1.807) is 7.11 Å². The predicted molar refractivity (Wildman–Crippen MR) is 95.7 cm³/mol. The van der Waals surface area contributed by atoms with Crippen molar-refractivity contribution in [3.8, 4) is 5.75 Å². The molecule has 1 unspecified atom stereocenters. The summed E-state index contributed by atoms with van der Waals surface area (Å²) >= 11 is 6.23. The molecule has 2 aliphatic rings. The smallest absolute Gasteiger partial charge is 0.230 e. The molecular weight excluding hydrogens is 352 g/mol. The Kier molecular flexibility index (Phi) is 3.57. The summed E-state index contributed by atoms with van der Waals surface area (Å²) in [6.07, 6.45) is 6.69. The van der Waals surface area contributed by atoms with Crippen LogP contribution >= 0.6 is 11.6 Å². The van der Waals surface area contributed by atoms with Crippen LogP contribution in [0, 0.1) is 0 Å². The second-order valence-electron chi connectivity index (χ2n) is 7.20. The van der Waals surface area contributed by atoms with E-state index in [0.29, 0.717) is 5.02 Å². The summed E-state index contributed by atoms with van der Waals surface area (Å²) in [5, 5.41) is 12.2. The molecule has 2 aromatic heterocycles. The van der Waals surface area contributed by atoms with E-state index in [9.17, 15) is 0 Å². The number of methoxy groups -OCH3 is 1. The van der Waals surface area contributed by atoms with Crippen LogP contribution in [0.3, 0.4) is 0 Å². The highest BCUT2D eigenvalue weighted by molar-refractivity contribution is 6.30. The Hall–Kier alpha value is -2.34. The summed E-state index contributed by atoms with van der Waals surface area (Å²) in [7, 11) is 1.68. The van der Waals surface area contributed by atoms with Gasteiger partial charge in [0.1, 0.15) is 5.75 Å². The Bertz CT molecular complexity index is 960. The highest BCUT2D eigenvalue weighted by Gasteiger charge is 2.52. The molecule has 134 valence electrons. The van der Waals surface area contributed by atoms with Crippen molar-refractivity contribution in [2.75, 3.05) is 7.11 Å². The fraction of sp³-hybridized carbons (Fsp3) is 0.421. The van der Waals surface area contributed by atoms with Crippen molar-refractivity contribution in [1.82, 2.24) is 20.3 Å². The summed E-state index contributed by atoms with van der Waals surface area (Å²) in [6.45, 7) is 0. The van der Waals surface area contributed by atoms with Crippen LogP contribution in [0.15, 0.2) is 28.9 Å². The van der Waals surface area contributed by atoms with Gasteiger partial charge >= 0.3 is 0 Å². The van der Waals surface area contributed by atoms with Gasteiger partial charge in [-0.25, -0.2) is 0 Å². The van der Waals surface area contributed by atoms with Crippen LogP contribution in [0.5, 0.6) is 5.75 Å². The number of benzene rings is 1. The number of halogens is 1. The molecule has 0 radical (unpaired) electrons. The maximum absolute atomic E-state index is 6.23. The topological polar surface area (TPSA) is 76.8 Å². The fourth-order valence-electron chi connectivity index (χ4n) is 4.02. The van der Waals surface area contributed by atoms with Crippen LogP contribution in [0.1, 0.15) is 53.7 Å². The average Bonchev–Trinajstić information content (AvgIpc) is 3.09. The van der Waals surface area contributed by atoms with Gasteiger partial charge in [-0.2, -0.15) is 10.1 Å². The Morgan fingerprint density at radius 3 is 3.04 bits per heavy atom.